The SMILES string of the molecule is CC(C)[C@@](C)(O)c1ccc(N(C)C)cc1. The van der Waals surface area contributed by atoms with Crippen molar-refractivity contribution in [1.29, 1.82) is 0 Å². The first-order valence-electron chi connectivity index (χ1n) is 5.36. The lowest BCUT2D eigenvalue weighted by atomic mass is 9.85. The first kappa shape index (κ1) is 12.1. The van der Waals surface area contributed by atoms with E-state index in [0.717, 1.165) is 11.3 Å². The Morgan fingerprint density at radius 2 is 1.60 bits per heavy atom. The second-order valence-electron chi connectivity index (χ2n) is 4.74. The second kappa shape index (κ2) is 4.23. The molecule has 1 atom stereocenters. The molecular weight excluding hydrogens is 186 g/mol. The van der Waals surface area contributed by atoms with Crippen molar-refractivity contribution in [2.45, 2.75) is 26.4 Å². The van der Waals surface area contributed by atoms with Crippen molar-refractivity contribution in [2.24, 2.45) is 5.92 Å². The highest BCUT2D eigenvalue weighted by Crippen LogP contribution is 2.29. The molecule has 0 unspecified atom stereocenters. The van der Waals surface area contributed by atoms with E-state index in [0.29, 0.717) is 0 Å². The Morgan fingerprint density at radius 1 is 1.13 bits per heavy atom. The lowest BCUT2D eigenvalue weighted by Crippen LogP contribution is -2.27. The number of aliphatic hydroxyl groups is 1. The van der Waals surface area contributed by atoms with Crippen molar-refractivity contribution < 1.29 is 5.11 Å². The van der Waals surface area contributed by atoms with Crippen molar-refractivity contribution in [3.63, 3.8) is 0 Å². The first-order valence-corrected chi connectivity index (χ1v) is 5.36. The molecule has 0 saturated heterocycles. The topological polar surface area (TPSA) is 23.5 Å². The molecule has 0 aliphatic carbocycles. The molecule has 0 spiro atoms. The van der Waals surface area contributed by atoms with Crippen LogP contribution in [0.5, 0.6) is 0 Å². The summed E-state index contributed by atoms with van der Waals surface area (Å²) >= 11 is 0. The number of hydrogen-bond acceptors (Lipinski definition) is 2. The van der Waals surface area contributed by atoms with Crippen LogP contribution in [0.1, 0.15) is 26.3 Å². The van der Waals surface area contributed by atoms with Gasteiger partial charge in [0.25, 0.3) is 0 Å². The summed E-state index contributed by atoms with van der Waals surface area (Å²) < 4.78 is 0. The molecule has 0 aliphatic rings. The van der Waals surface area contributed by atoms with Crippen molar-refractivity contribution >= 4 is 5.69 Å². The summed E-state index contributed by atoms with van der Waals surface area (Å²) in [7, 11) is 4.02. The predicted molar refractivity (Wildman–Crippen MR) is 65.2 cm³/mol. The van der Waals surface area contributed by atoms with Crippen LogP contribution in [0.3, 0.4) is 0 Å². The molecule has 0 saturated carbocycles. The predicted octanol–water partition coefficient (Wildman–Crippen LogP) is 2.62. The highest BCUT2D eigenvalue weighted by molar-refractivity contribution is 5.46. The van der Waals surface area contributed by atoms with E-state index in [9.17, 15) is 5.11 Å². The Hall–Kier alpha value is -1.02. The van der Waals surface area contributed by atoms with Gasteiger partial charge in [-0.25, -0.2) is 0 Å². The van der Waals surface area contributed by atoms with Crippen molar-refractivity contribution in [1.82, 2.24) is 0 Å². The van der Waals surface area contributed by atoms with Crippen LogP contribution in [0.25, 0.3) is 0 Å². The number of hydrogen-bond donors (Lipinski definition) is 1. The van der Waals surface area contributed by atoms with Crippen molar-refractivity contribution in [2.75, 3.05) is 19.0 Å². The van der Waals surface area contributed by atoms with Crippen LogP contribution >= 0.6 is 0 Å². The summed E-state index contributed by atoms with van der Waals surface area (Å²) in [5.41, 5.74) is 1.38. The number of anilines is 1. The Bertz CT molecular complexity index is 312. The summed E-state index contributed by atoms with van der Waals surface area (Å²) in [5.74, 6) is 0.211. The van der Waals surface area contributed by atoms with Gasteiger partial charge in [0.1, 0.15) is 0 Å². The average Bonchev–Trinajstić information content (AvgIpc) is 2.17. The van der Waals surface area contributed by atoms with Gasteiger partial charge in [0.05, 0.1) is 5.60 Å². The van der Waals surface area contributed by atoms with Crippen LogP contribution in [0.2, 0.25) is 0 Å². The highest BCUT2D eigenvalue weighted by atomic mass is 16.3. The van der Waals surface area contributed by atoms with Gasteiger partial charge in [-0.15, -0.1) is 0 Å². The molecule has 0 aromatic heterocycles. The molecule has 1 N–H and O–H groups in total. The zero-order chi connectivity index (χ0) is 11.6. The Balaban J connectivity index is 2.98. The van der Waals surface area contributed by atoms with E-state index in [1.165, 1.54) is 0 Å². The van der Waals surface area contributed by atoms with Crippen LogP contribution in [0.4, 0.5) is 5.69 Å². The zero-order valence-corrected chi connectivity index (χ0v) is 10.3. The molecule has 1 aromatic carbocycles. The molecular formula is C13H21NO. The average molecular weight is 207 g/mol. The maximum Gasteiger partial charge on any atom is 0.0891 e. The highest BCUT2D eigenvalue weighted by Gasteiger charge is 2.26. The van der Waals surface area contributed by atoms with Gasteiger partial charge in [-0.3, -0.25) is 0 Å². The molecule has 0 aliphatic heterocycles. The molecule has 0 fully saturated rings. The normalized spacial score (nSPS) is 15.1. The van der Waals surface area contributed by atoms with Crippen LogP contribution in [0.15, 0.2) is 24.3 Å². The van der Waals surface area contributed by atoms with Crippen LogP contribution in [-0.2, 0) is 5.60 Å². The standard InChI is InChI=1S/C13H21NO/c1-10(2)13(3,15)11-6-8-12(9-7-11)14(4)5/h6-10,15H,1-5H3/t13-/m1/s1. The number of benzene rings is 1. The summed E-state index contributed by atoms with van der Waals surface area (Å²) in [4.78, 5) is 2.05. The van der Waals surface area contributed by atoms with Gasteiger partial charge >= 0.3 is 0 Å². The van der Waals surface area contributed by atoms with Gasteiger partial charge in [0, 0.05) is 19.8 Å². The first-order chi connectivity index (χ1) is 6.85. The van der Waals surface area contributed by atoms with E-state index in [4.69, 9.17) is 0 Å². The van der Waals surface area contributed by atoms with E-state index in [2.05, 4.69) is 0 Å². The van der Waals surface area contributed by atoms with Crippen LogP contribution < -0.4 is 4.90 Å². The minimum Gasteiger partial charge on any atom is -0.385 e. The summed E-state index contributed by atoms with van der Waals surface area (Å²) in [5, 5.41) is 10.3. The third kappa shape index (κ3) is 2.51. The molecule has 0 amide bonds. The largest absolute Gasteiger partial charge is 0.385 e. The summed E-state index contributed by atoms with van der Waals surface area (Å²) in [6, 6.07) is 8.06. The monoisotopic (exact) mass is 207 g/mol. The Labute approximate surface area is 92.5 Å². The van der Waals surface area contributed by atoms with Crippen molar-refractivity contribution in [3.05, 3.63) is 29.8 Å². The molecule has 84 valence electrons. The van der Waals surface area contributed by atoms with E-state index >= 15 is 0 Å². The summed E-state index contributed by atoms with van der Waals surface area (Å²) in [6.45, 7) is 5.92. The van der Waals surface area contributed by atoms with E-state index in [1.807, 2.05) is 64.0 Å². The minimum atomic E-state index is -0.745. The molecule has 15 heavy (non-hydrogen) atoms. The van der Waals surface area contributed by atoms with E-state index < -0.39 is 5.60 Å². The third-order valence-electron chi connectivity index (χ3n) is 3.09. The maximum absolute atomic E-state index is 10.3. The maximum atomic E-state index is 10.3. The molecule has 1 rings (SSSR count). The fourth-order valence-corrected chi connectivity index (χ4v) is 1.43. The quantitative estimate of drug-likeness (QED) is 0.823. The smallest absolute Gasteiger partial charge is 0.0891 e. The fourth-order valence-electron chi connectivity index (χ4n) is 1.43. The van der Waals surface area contributed by atoms with Gasteiger partial charge in [-0.2, -0.15) is 0 Å². The second-order valence-corrected chi connectivity index (χ2v) is 4.74. The number of rotatable bonds is 3. The Morgan fingerprint density at radius 3 is 1.93 bits per heavy atom. The van der Waals surface area contributed by atoms with Crippen molar-refractivity contribution in [3.8, 4) is 0 Å². The summed E-state index contributed by atoms with van der Waals surface area (Å²) in [6.07, 6.45) is 0. The van der Waals surface area contributed by atoms with Gasteiger partial charge in [0.15, 0.2) is 0 Å². The zero-order valence-electron chi connectivity index (χ0n) is 10.3. The fraction of sp³-hybridized carbons (Fsp3) is 0.538. The van der Waals surface area contributed by atoms with E-state index in [1.54, 1.807) is 0 Å². The molecule has 0 bridgehead atoms. The van der Waals surface area contributed by atoms with Gasteiger partial charge < -0.3 is 10.0 Å². The third-order valence-corrected chi connectivity index (χ3v) is 3.09. The van der Waals surface area contributed by atoms with Gasteiger partial charge in [0.2, 0.25) is 0 Å². The lowest BCUT2D eigenvalue weighted by molar-refractivity contribution is 0.00906. The molecule has 2 heteroatoms. The van der Waals surface area contributed by atoms with E-state index in [-0.39, 0.29) is 5.92 Å². The molecule has 2 nitrogen and oxygen atoms in total. The molecule has 0 heterocycles. The lowest BCUT2D eigenvalue weighted by Gasteiger charge is -2.28. The molecule has 0 radical (unpaired) electrons. The van der Waals surface area contributed by atoms with Crippen LogP contribution in [0, 0.1) is 5.92 Å². The Kier molecular flexibility index (Phi) is 3.40. The molecule has 1 aromatic rings. The van der Waals surface area contributed by atoms with Crippen LogP contribution in [-0.4, -0.2) is 19.2 Å². The van der Waals surface area contributed by atoms with Gasteiger partial charge in [-0.05, 0) is 30.5 Å². The minimum absolute atomic E-state index is 0.211. The van der Waals surface area contributed by atoms with Gasteiger partial charge in [-0.1, -0.05) is 26.0 Å². The number of nitrogens with zero attached hydrogens (tertiary/aromatic N) is 1.